The molecular formula is C10H11FN2O. The van der Waals surface area contributed by atoms with Gasteiger partial charge in [0.2, 0.25) is 0 Å². The third-order valence-electron chi connectivity index (χ3n) is 1.70. The fourth-order valence-corrected chi connectivity index (χ4v) is 0.996. The molecule has 74 valence electrons. The van der Waals surface area contributed by atoms with Crippen LogP contribution in [0.15, 0.2) is 18.2 Å². The van der Waals surface area contributed by atoms with E-state index in [1.54, 1.807) is 19.2 Å². The number of likely N-dealkylation sites (N-methyl/N-ethyl adjacent to an activating group) is 1. The second kappa shape index (κ2) is 5.20. The monoisotopic (exact) mass is 194 g/mol. The Bertz CT molecular complexity index is 346. The van der Waals surface area contributed by atoms with Crippen LogP contribution >= 0.6 is 0 Å². The molecule has 0 saturated heterocycles. The fourth-order valence-electron chi connectivity index (χ4n) is 0.996. The van der Waals surface area contributed by atoms with Crippen molar-refractivity contribution in [1.82, 2.24) is 5.32 Å². The zero-order valence-corrected chi connectivity index (χ0v) is 7.88. The number of nitriles is 1. The molecule has 0 heterocycles. The van der Waals surface area contributed by atoms with E-state index in [0.717, 1.165) is 0 Å². The van der Waals surface area contributed by atoms with Gasteiger partial charge in [-0.25, -0.2) is 4.39 Å². The van der Waals surface area contributed by atoms with Crippen molar-refractivity contribution in [3.63, 3.8) is 0 Å². The summed E-state index contributed by atoms with van der Waals surface area (Å²) in [5.41, 5.74) is -0.0383. The summed E-state index contributed by atoms with van der Waals surface area (Å²) >= 11 is 0. The Hall–Kier alpha value is -1.60. The highest BCUT2D eigenvalue weighted by Gasteiger charge is 2.07. The van der Waals surface area contributed by atoms with E-state index in [1.807, 2.05) is 0 Å². The number of nitrogens with zero attached hydrogens (tertiary/aromatic N) is 1. The van der Waals surface area contributed by atoms with Gasteiger partial charge in [-0.3, -0.25) is 0 Å². The molecule has 0 unspecified atom stereocenters. The van der Waals surface area contributed by atoms with E-state index >= 15 is 0 Å². The predicted molar refractivity (Wildman–Crippen MR) is 50.5 cm³/mol. The Balaban J connectivity index is 2.76. The number of halogens is 1. The molecule has 0 atom stereocenters. The molecule has 0 spiro atoms. The lowest BCUT2D eigenvalue weighted by Gasteiger charge is -2.07. The van der Waals surface area contributed by atoms with E-state index in [-0.39, 0.29) is 5.56 Å². The number of rotatable bonds is 4. The molecule has 4 heteroatoms. The van der Waals surface area contributed by atoms with Crippen molar-refractivity contribution in [1.29, 1.82) is 5.26 Å². The first-order valence-electron chi connectivity index (χ1n) is 4.25. The van der Waals surface area contributed by atoms with Gasteiger partial charge in [0, 0.05) is 6.54 Å². The highest BCUT2D eigenvalue weighted by atomic mass is 19.1. The summed E-state index contributed by atoms with van der Waals surface area (Å²) in [4.78, 5) is 0. The van der Waals surface area contributed by atoms with Crippen molar-refractivity contribution in [3.8, 4) is 11.8 Å². The van der Waals surface area contributed by atoms with Gasteiger partial charge in [-0.1, -0.05) is 6.07 Å². The standard InChI is InChI=1S/C10H11FN2O/c1-13-5-6-14-10-4-2-3-9(11)8(10)7-12/h2-4,13H,5-6H2,1H3. The zero-order valence-electron chi connectivity index (χ0n) is 7.88. The summed E-state index contributed by atoms with van der Waals surface area (Å²) in [6, 6.07) is 6.11. The van der Waals surface area contributed by atoms with Crippen molar-refractivity contribution in [2.24, 2.45) is 0 Å². The summed E-state index contributed by atoms with van der Waals surface area (Å²) in [7, 11) is 1.79. The molecule has 1 rings (SSSR count). The van der Waals surface area contributed by atoms with Gasteiger partial charge in [0.05, 0.1) is 0 Å². The van der Waals surface area contributed by atoms with Crippen LogP contribution in [0.25, 0.3) is 0 Å². The maximum absolute atomic E-state index is 13.0. The zero-order chi connectivity index (χ0) is 10.4. The highest BCUT2D eigenvalue weighted by molar-refractivity contribution is 5.43. The van der Waals surface area contributed by atoms with Gasteiger partial charge in [0.25, 0.3) is 0 Å². The summed E-state index contributed by atoms with van der Waals surface area (Å²) in [5, 5.41) is 11.6. The van der Waals surface area contributed by atoms with Crippen LogP contribution in [-0.4, -0.2) is 20.2 Å². The summed E-state index contributed by atoms with van der Waals surface area (Å²) in [6.07, 6.45) is 0. The minimum absolute atomic E-state index is 0.0383. The summed E-state index contributed by atoms with van der Waals surface area (Å²) in [5.74, 6) is -0.253. The van der Waals surface area contributed by atoms with Crippen LogP contribution in [0.2, 0.25) is 0 Å². The lowest BCUT2D eigenvalue weighted by molar-refractivity contribution is 0.316. The van der Waals surface area contributed by atoms with E-state index in [9.17, 15) is 4.39 Å². The fraction of sp³-hybridized carbons (Fsp3) is 0.300. The summed E-state index contributed by atoms with van der Waals surface area (Å²) in [6.45, 7) is 1.07. The smallest absolute Gasteiger partial charge is 0.144 e. The third-order valence-corrected chi connectivity index (χ3v) is 1.70. The Morgan fingerprint density at radius 1 is 1.57 bits per heavy atom. The first kappa shape index (κ1) is 10.5. The van der Waals surface area contributed by atoms with Crippen molar-refractivity contribution >= 4 is 0 Å². The second-order valence-corrected chi connectivity index (χ2v) is 2.68. The molecule has 0 aliphatic heterocycles. The van der Waals surface area contributed by atoms with Crippen LogP contribution in [0, 0.1) is 17.1 Å². The van der Waals surface area contributed by atoms with Gasteiger partial charge in [0.15, 0.2) is 0 Å². The Morgan fingerprint density at radius 2 is 2.36 bits per heavy atom. The molecular weight excluding hydrogens is 183 g/mol. The molecule has 3 nitrogen and oxygen atoms in total. The molecule has 0 aliphatic rings. The van der Waals surface area contributed by atoms with Crippen molar-refractivity contribution in [2.45, 2.75) is 0 Å². The second-order valence-electron chi connectivity index (χ2n) is 2.68. The molecule has 0 fully saturated rings. The van der Waals surface area contributed by atoms with Gasteiger partial charge in [0.1, 0.15) is 29.8 Å². The minimum atomic E-state index is -0.547. The molecule has 0 saturated carbocycles. The first-order chi connectivity index (χ1) is 6.79. The maximum atomic E-state index is 13.0. The van der Waals surface area contributed by atoms with E-state index in [4.69, 9.17) is 10.00 Å². The van der Waals surface area contributed by atoms with Crippen LogP contribution in [0.5, 0.6) is 5.75 Å². The van der Waals surface area contributed by atoms with Crippen LogP contribution in [0.1, 0.15) is 5.56 Å². The number of benzene rings is 1. The highest BCUT2D eigenvalue weighted by Crippen LogP contribution is 2.19. The van der Waals surface area contributed by atoms with Crippen molar-refractivity contribution < 1.29 is 9.13 Å². The number of nitrogens with one attached hydrogen (secondary N) is 1. The van der Waals surface area contributed by atoms with Gasteiger partial charge in [-0.15, -0.1) is 0 Å². The van der Waals surface area contributed by atoms with Gasteiger partial charge < -0.3 is 10.1 Å². The van der Waals surface area contributed by atoms with Crippen LogP contribution in [0.3, 0.4) is 0 Å². The summed E-state index contributed by atoms with van der Waals surface area (Å²) < 4.78 is 18.3. The van der Waals surface area contributed by atoms with Crippen LogP contribution < -0.4 is 10.1 Å². The topological polar surface area (TPSA) is 45.0 Å². The SMILES string of the molecule is CNCCOc1cccc(F)c1C#N. The number of ether oxygens (including phenoxy) is 1. The van der Waals surface area contributed by atoms with Crippen molar-refractivity contribution in [3.05, 3.63) is 29.6 Å². The predicted octanol–water partition coefficient (Wildman–Crippen LogP) is 1.30. The van der Waals surface area contributed by atoms with E-state index in [1.165, 1.54) is 12.1 Å². The van der Waals surface area contributed by atoms with E-state index in [0.29, 0.717) is 18.9 Å². The Morgan fingerprint density at radius 3 is 3.00 bits per heavy atom. The molecule has 0 aromatic heterocycles. The van der Waals surface area contributed by atoms with E-state index in [2.05, 4.69) is 5.32 Å². The molecule has 1 N–H and O–H groups in total. The van der Waals surface area contributed by atoms with Gasteiger partial charge in [-0.2, -0.15) is 5.26 Å². The molecule has 1 aromatic carbocycles. The number of hydrogen-bond donors (Lipinski definition) is 1. The van der Waals surface area contributed by atoms with Crippen LogP contribution in [-0.2, 0) is 0 Å². The molecule has 1 aromatic rings. The number of hydrogen-bond acceptors (Lipinski definition) is 3. The van der Waals surface area contributed by atoms with Crippen LogP contribution in [0.4, 0.5) is 4.39 Å². The van der Waals surface area contributed by atoms with Gasteiger partial charge >= 0.3 is 0 Å². The quantitative estimate of drug-likeness (QED) is 0.735. The minimum Gasteiger partial charge on any atom is -0.491 e. The largest absolute Gasteiger partial charge is 0.491 e. The molecule has 0 radical (unpaired) electrons. The average Bonchev–Trinajstić information content (AvgIpc) is 2.18. The van der Waals surface area contributed by atoms with Crippen molar-refractivity contribution in [2.75, 3.05) is 20.2 Å². The van der Waals surface area contributed by atoms with E-state index < -0.39 is 5.82 Å². The lowest BCUT2D eigenvalue weighted by Crippen LogP contribution is -2.16. The maximum Gasteiger partial charge on any atom is 0.144 e. The first-order valence-corrected chi connectivity index (χ1v) is 4.25. The third kappa shape index (κ3) is 2.44. The molecule has 0 aliphatic carbocycles. The normalized spacial score (nSPS) is 9.50. The Labute approximate surface area is 82.1 Å². The molecule has 0 bridgehead atoms. The lowest BCUT2D eigenvalue weighted by atomic mass is 10.2. The Kier molecular flexibility index (Phi) is 3.89. The average molecular weight is 194 g/mol. The molecule has 14 heavy (non-hydrogen) atoms. The molecule has 0 amide bonds. The van der Waals surface area contributed by atoms with Gasteiger partial charge in [-0.05, 0) is 19.2 Å².